The zero-order chi connectivity index (χ0) is 18.6. The van der Waals surface area contributed by atoms with E-state index in [4.69, 9.17) is 14.2 Å². The average Bonchev–Trinajstić information content (AvgIpc) is 2.70. The quantitative estimate of drug-likeness (QED) is 0.439. The number of esters is 1. The summed E-state index contributed by atoms with van der Waals surface area (Å²) in [7, 11) is 0. The van der Waals surface area contributed by atoms with E-state index in [1.165, 1.54) is 0 Å². The number of rotatable bonds is 11. The normalized spacial score (nSPS) is 17.4. The number of benzene rings is 1. The Kier molecular flexibility index (Phi) is 9.67. The van der Waals surface area contributed by atoms with Crippen LogP contribution >= 0.6 is 0 Å². The molecule has 0 aromatic heterocycles. The zero-order valence-corrected chi connectivity index (χ0v) is 16.2. The number of hydrogen-bond acceptors (Lipinski definition) is 5. The second kappa shape index (κ2) is 12.0. The molecule has 0 spiro atoms. The number of unbranched alkanes of at least 4 members (excludes halogenated alkanes) is 1. The van der Waals surface area contributed by atoms with Crippen LogP contribution in [0.5, 0.6) is 0 Å². The Balaban J connectivity index is 1.64. The number of carbonyl (C=O) groups is 1. The van der Waals surface area contributed by atoms with E-state index in [2.05, 4.69) is 18.7 Å². The fraction of sp³-hybridized carbons (Fsp3) is 0.667. The molecule has 0 radical (unpaired) electrons. The minimum atomic E-state index is -0.254. The van der Waals surface area contributed by atoms with E-state index in [1.807, 2.05) is 12.1 Å². The zero-order valence-electron chi connectivity index (χ0n) is 16.2. The molecule has 1 heterocycles. The summed E-state index contributed by atoms with van der Waals surface area (Å²) in [5.41, 5.74) is 1.63. The lowest BCUT2D eigenvalue weighted by Crippen LogP contribution is -2.24. The monoisotopic (exact) mass is 363 g/mol. The van der Waals surface area contributed by atoms with Crippen molar-refractivity contribution in [2.45, 2.75) is 58.8 Å². The van der Waals surface area contributed by atoms with Crippen molar-refractivity contribution in [3.05, 3.63) is 35.4 Å². The van der Waals surface area contributed by atoms with Gasteiger partial charge in [0.2, 0.25) is 0 Å². The first-order valence-electron chi connectivity index (χ1n) is 9.94. The fourth-order valence-electron chi connectivity index (χ4n) is 2.99. The molecule has 0 N–H and O–H groups in total. The maximum Gasteiger partial charge on any atom is 0.338 e. The van der Waals surface area contributed by atoms with Gasteiger partial charge in [0.1, 0.15) is 0 Å². The SMILES string of the molecule is CCN(CC)CCCCOC(=O)c1ccc(COC2CCCCO2)cc1. The molecule has 0 amide bonds. The standard InChI is InChI=1S/C21H33NO4/c1-3-22(4-2)14-6-8-16-25-21(23)19-12-10-18(11-13-19)17-26-20-9-5-7-15-24-20/h10-13,20H,3-9,14-17H2,1-2H3. The Morgan fingerprint density at radius 2 is 1.92 bits per heavy atom. The van der Waals surface area contributed by atoms with Crippen LogP contribution in [0.2, 0.25) is 0 Å². The lowest BCUT2D eigenvalue weighted by atomic mass is 10.1. The minimum absolute atomic E-state index is 0.0928. The van der Waals surface area contributed by atoms with Gasteiger partial charge in [-0.3, -0.25) is 0 Å². The molecule has 146 valence electrons. The molecule has 0 bridgehead atoms. The summed E-state index contributed by atoms with van der Waals surface area (Å²) in [5, 5.41) is 0. The summed E-state index contributed by atoms with van der Waals surface area (Å²) in [6.45, 7) is 9.29. The van der Waals surface area contributed by atoms with Gasteiger partial charge < -0.3 is 19.1 Å². The summed E-state index contributed by atoms with van der Waals surface area (Å²) in [5.74, 6) is -0.254. The van der Waals surface area contributed by atoms with Crippen molar-refractivity contribution in [2.75, 3.05) is 32.8 Å². The van der Waals surface area contributed by atoms with Crippen LogP contribution in [0.4, 0.5) is 0 Å². The van der Waals surface area contributed by atoms with Crippen molar-refractivity contribution in [1.82, 2.24) is 4.90 Å². The lowest BCUT2D eigenvalue weighted by Gasteiger charge is -2.22. The summed E-state index contributed by atoms with van der Waals surface area (Å²) in [4.78, 5) is 14.5. The highest BCUT2D eigenvalue weighted by molar-refractivity contribution is 5.89. The van der Waals surface area contributed by atoms with Crippen molar-refractivity contribution in [2.24, 2.45) is 0 Å². The summed E-state index contributed by atoms with van der Waals surface area (Å²) < 4.78 is 16.7. The van der Waals surface area contributed by atoms with Crippen molar-refractivity contribution >= 4 is 5.97 Å². The summed E-state index contributed by atoms with van der Waals surface area (Å²) >= 11 is 0. The van der Waals surface area contributed by atoms with E-state index < -0.39 is 0 Å². The summed E-state index contributed by atoms with van der Waals surface area (Å²) in [6, 6.07) is 7.44. The molecule has 1 aliphatic heterocycles. The van der Waals surface area contributed by atoms with Crippen LogP contribution in [0.3, 0.4) is 0 Å². The third-order valence-electron chi connectivity index (χ3n) is 4.76. The Labute approximate surface area is 157 Å². The molecule has 1 unspecified atom stereocenters. The van der Waals surface area contributed by atoms with Crippen molar-refractivity contribution < 1.29 is 19.0 Å². The maximum atomic E-state index is 12.1. The maximum absolute atomic E-state index is 12.1. The van der Waals surface area contributed by atoms with Crippen LogP contribution in [0.15, 0.2) is 24.3 Å². The van der Waals surface area contributed by atoms with E-state index in [9.17, 15) is 4.79 Å². The Morgan fingerprint density at radius 3 is 2.58 bits per heavy atom. The second-order valence-corrected chi connectivity index (χ2v) is 6.67. The van der Waals surface area contributed by atoms with Crippen LogP contribution in [0.1, 0.15) is 61.9 Å². The first-order valence-corrected chi connectivity index (χ1v) is 9.94. The molecule has 2 rings (SSSR count). The first kappa shape index (κ1) is 20.9. The van der Waals surface area contributed by atoms with E-state index in [1.54, 1.807) is 12.1 Å². The highest BCUT2D eigenvalue weighted by Gasteiger charge is 2.14. The summed E-state index contributed by atoms with van der Waals surface area (Å²) in [6.07, 6.45) is 5.09. The van der Waals surface area contributed by atoms with Crippen LogP contribution in [0, 0.1) is 0 Å². The average molecular weight is 363 g/mol. The van der Waals surface area contributed by atoms with E-state index >= 15 is 0 Å². The molecule has 1 aromatic carbocycles. The molecule has 0 aliphatic carbocycles. The van der Waals surface area contributed by atoms with Gasteiger partial charge in [-0.25, -0.2) is 4.79 Å². The van der Waals surface area contributed by atoms with Gasteiger partial charge in [-0.15, -0.1) is 0 Å². The molecule has 5 heteroatoms. The van der Waals surface area contributed by atoms with Gasteiger partial charge in [-0.1, -0.05) is 26.0 Å². The van der Waals surface area contributed by atoms with Gasteiger partial charge in [0.05, 0.1) is 18.8 Å². The smallest absolute Gasteiger partial charge is 0.338 e. The molecule has 1 saturated heterocycles. The molecule has 26 heavy (non-hydrogen) atoms. The number of ether oxygens (including phenoxy) is 3. The van der Waals surface area contributed by atoms with Crippen molar-refractivity contribution in [3.63, 3.8) is 0 Å². The van der Waals surface area contributed by atoms with Gasteiger partial charge in [0.25, 0.3) is 0 Å². The van der Waals surface area contributed by atoms with Crippen LogP contribution < -0.4 is 0 Å². The third-order valence-corrected chi connectivity index (χ3v) is 4.76. The molecule has 0 saturated carbocycles. The molecule has 1 atom stereocenters. The van der Waals surface area contributed by atoms with E-state index in [0.717, 1.165) is 63.9 Å². The number of carbonyl (C=O) groups excluding carboxylic acids is 1. The number of hydrogen-bond donors (Lipinski definition) is 0. The Hall–Kier alpha value is -1.43. The Morgan fingerprint density at radius 1 is 1.15 bits per heavy atom. The first-order chi connectivity index (χ1) is 12.7. The Bertz CT molecular complexity index is 507. The fourth-order valence-corrected chi connectivity index (χ4v) is 2.99. The highest BCUT2D eigenvalue weighted by atomic mass is 16.7. The van der Waals surface area contributed by atoms with Gasteiger partial charge in [0, 0.05) is 6.61 Å². The molecular weight excluding hydrogens is 330 g/mol. The van der Waals surface area contributed by atoms with Crippen molar-refractivity contribution in [1.29, 1.82) is 0 Å². The lowest BCUT2D eigenvalue weighted by molar-refractivity contribution is -0.168. The predicted molar refractivity (Wildman–Crippen MR) is 102 cm³/mol. The molecule has 1 fully saturated rings. The van der Waals surface area contributed by atoms with Crippen LogP contribution in [-0.4, -0.2) is 50.0 Å². The van der Waals surface area contributed by atoms with Crippen molar-refractivity contribution in [3.8, 4) is 0 Å². The van der Waals surface area contributed by atoms with E-state index in [0.29, 0.717) is 18.8 Å². The topological polar surface area (TPSA) is 48.0 Å². The van der Waals surface area contributed by atoms with Gasteiger partial charge >= 0.3 is 5.97 Å². The highest BCUT2D eigenvalue weighted by Crippen LogP contribution is 2.16. The van der Waals surface area contributed by atoms with Gasteiger partial charge in [0.15, 0.2) is 6.29 Å². The van der Waals surface area contributed by atoms with Gasteiger partial charge in [-0.05, 0) is 69.4 Å². The third kappa shape index (κ3) is 7.44. The molecular formula is C21H33NO4. The van der Waals surface area contributed by atoms with Gasteiger partial charge in [-0.2, -0.15) is 0 Å². The predicted octanol–water partition coefficient (Wildman–Crippen LogP) is 4.01. The van der Waals surface area contributed by atoms with E-state index in [-0.39, 0.29) is 12.3 Å². The van der Waals surface area contributed by atoms with Crippen LogP contribution in [0.25, 0.3) is 0 Å². The molecule has 5 nitrogen and oxygen atoms in total. The largest absolute Gasteiger partial charge is 0.462 e. The second-order valence-electron chi connectivity index (χ2n) is 6.67. The minimum Gasteiger partial charge on any atom is -0.462 e. The number of nitrogens with zero attached hydrogens (tertiary/aromatic N) is 1. The van der Waals surface area contributed by atoms with Crippen LogP contribution in [-0.2, 0) is 20.8 Å². The molecule has 1 aliphatic rings. The molecule has 1 aromatic rings.